The summed E-state index contributed by atoms with van der Waals surface area (Å²) in [7, 11) is 0. The summed E-state index contributed by atoms with van der Waals surface area (Å²) >= 11 is 0. The standard InChI is InChI=1S/C15H24O2/c1-5-15(4,16)8-6-7-13-10-14(17-11-13)9-12(2)3/h5,7,9,14,16H,1,6,8,10-11H2,2-4H3/t14-,15-/m1/s1. The van der Waals surface area contributed by atoms with Gasteiger partial charge in [0.05, 0.1) is 18.3 Å². The summed E-state index contributed by atoms with van der Waals surface area (Å²) in [5.74, 6) is 0. The molecule has 2 atom stereocenters. The van der Waals surface area contributed by atoms with Crippen LogP contribution in [0.5, 0.6) is 0 Å². The summed E-state index contributed by atoms with van der Waals surface area (Å²) < 4.78 is 5.66. The van der Waals surface area contributed by atoms with Crippen molar-refractivity contribution in [3.05, 3.63) is 36.0 Å². The van der Waals surface area contributed by atoms with Gasteiger partial charge in [0.1, 0.15) is 0 Å². The predicted molar refractivity (Wildman–Crippen MR) is 71.9 cm³/mol. The summed E-state index contributed by atoms with van der Waals surface area (Å²) in [6, 6.07) is 0. The Labute approximate surface area is 105 Å². The van der Waals surface area contributed by atoms with Gasteiger partial charge in [-0.05, 0) is 39.2 Å². The van der Waals surface area contributed by atoms with Crippen LogP contribution in [0.1, 0.15) is 40.0 Å². The summed E-state index contributed by atoms with van der Waals surface area (Å²) in [5.41, 5.74) is 1.88. The summed E-state index contributed by atoms with van der Waals surface area (Å²) in [5, 5.41) is 9.78. The van der Waals surface area contributed by atoms with E-state index >= 15 is 0 Å². The van der Waals surface area contributed by atoms with Crippen LogP contribution in [-0.2, 0) is 4.74 Å². The highest BCUT2D eigenvalue weighted by Crippen LogP contribution is 2.22. The van der Waals surface area contributed by atoms with E-state index in [0.717, 1.165) is 19.4 Å². The topological polar surface area (TPSA) is 29.5 Å². The van der Waals surface area contributed by atoms with Crippen molar-refractivity contribution in [3.8, 4) is 0 Å². The Morgan fingerprint density at radius 1 is 1.59 bits per heavy atom. The van der Waals surface area contributed by atoms with Crippen LogP contribution in [0.2, 0.25) is 0 Å². The zero-order valence-corrected chi connectivity index (χ0v) is 11.2. The second kappa shape index (κ2) is 6.18. The largest absolute Gasteiger partial charge is 0.386 e. The monoisotopic (exact) mass is 236 g/mol. The molecular weight excluding hydrogens is 212 g/mol. The van der Waals surface area contributed by atoms with Crippen molar-refractivity contribution in [1.29, 1.82) is 0 Å². The fraction of sp³-hybridized carbons (Fsp3) is 0.600. The quantitative estimate of drug-likeness (QED) is 0.741. The molecule has 1 N–H and O–H groups in total. The first-order chi connectivity index (χ1) is 7.93. The third-order valence-corrected chi connectivity index (χ3v) is 2.99. The van der Waals surface area contributed by atoms with Gasteiger partial charge in [0.2, 0.25) is 0 Å². The summed E-state index contributed by atoms with van der Waals surface area (Å²) in [6.45, 7) is 10.3. The van der Waals surface area contributed by atoms with Gasteiger partial charge in [-0.25, -0.2) is 0 Å². The molecule has 0 aromatic carbocycles. The van der Waals surface area contributed by atoms with Crippen LogP contribution in [0.25, 0.3) is 0 Å². The van der Waals surface area contributed by atoms with Crippen molar-refractivity contribution in [1.82, 2.24) is 0 Å². The first-order valence-corrected chi connectivity index (χ1v) is 6.23. The lowest BCUT2D eigenvalue weighted by Crippen LogP contribution is -2.19. The van der Waals surface area contributed by atoms with Gasteiger partial charge in [0.15, 0.2) is 0 Å². The molecule has 1 heterocycles. The van der Waals surface area contributed by atoms with E-state index in [9.17, 15) is 5.11 Å². The van der Waals surface area contributed by atoms with Crippen LogP contribution in [0.4, 0.5) is 0 Å². The van der Waals surface area contributed by atoms with E-state index in [2.05, 4.69) is 32.6 Å². The van der Waals surface area contributed by atoms with Crippen molar-refractivity contribution >= 4 is 0 Å². The number of hydrogen-bond donors (Lipinski definition) is 1. The summed E-state index contributed by atoms with van der Waals surface area (Å²) in [6.07, 6.45) is 8.78. The predicted octanol–water partition coefficient (Wildman–Crippen LogP) is 3.39. The molecule has 0 radical (unpaired) electrons. The molecule has 96 valence electrons. The van der Waals surface area contributed by atoms with Crippen LogP contribution in [0.15, 0.2) is 36.0 Å². The van der Waals surface area contributed by atoms with Gasteiger partial charge >= 0.3 is 0 Å². The van der Waals surface area contributed by atoms with Gasteiger partial charge in [-0.2, -0.15) is 0 Å². The fourth-order valence-corrected chi connectivity index (χ4v) is 1.88. The van der Waals surface area contributed by atoms with Crippen LogP contribution in [0.3, 0.4) is 0 Å². The molecule has 0 unspecified atom stereocenters. The lowest BCUT2D eigenvalue weighted by Gasteiger charge is -2.16. The average molecular weight is 236 g/mol. The number of ether oxygens (including phenoxy) is 1. The Kier molecular flexibility index (Phi) is 5.16. The van der Waals surface area contributed by atoms with E-state index < -0.39 is 5.60 Å². The van der Waals surface area contributed by atoms with E-state index in [1.165, 1.54) is 11.1 Å². The summed E-state index contributed by atoms with van der Waals surface area (Å²) in [4.78, 5) is 0. The normalized spacial score (nSPS) is 25.6. The minimum Gasteiger partial charge on any atom is -0.386 e. The van der Waals surface area contributed by atoms with Crippen LogP contribution < -0.4 is 0 Å². The molecule has 0 amide bonds. The molecule has 0 aromatic heterocycles. The van der Waals surface area contributed by atoms with E-state index in [1.54, 1.807) is 13.0 Å². The minimum absolute atomic E-state index is 0.242. The van der Waals surface area contributed by atoms with E-state index in [4.69, 9.17) is 4.74 Å². The van der Waals surface area contributed by atoms with Crippen molar-refractivity contribution in [3.63, 3.8) is 0 Å². The molecule has 0 spiro atoms. The molecule has 0 aromatic rings. The molecule has 17 heavy (non-hydrogen) atoms. The highest BCUT2D eigenvalue weighted by molar-refractivity contribution is 5.14. The van der Waals surface area contributed by atoms with Gasteiger partial charge in [-0.3, -0.25) is 0 Å². The third-order valence-electron chi connectivity index (χ3n) is 2.99. The van der Waals surface area contributed by atoms with Gasteiger partial charge in [-0.1, -0.05) is 23.8 Å². The maximum atomic E-state index is 9.78. The van der Waals surface area contributed by atoms with E-state index in [-0.39, 0.29) is 6.10 Å². The van der Waals surface area contributed by atoms with Crippen LogP contribution in [0, 0.1) is 0 Å². The average Bonchev–Trinajstić information content (AvgIpc) is 2.64. The van der Waals surface area contributed by atoms with Crippen LogP contribution in [-0.4, -0.2) is 23.4 Å². The Morgan fingerprint density at radius 3 is 2.88 bits per heavy atom. The number of hydrogen-bond acceptors (Lipinski definition) is 2. The molecule has 0 saturated carbocycles. The first-order valence-electron chi connectivity index (χ1n) is 6.23. The van der Waals surface area contributed by atoms with Gasteiger partial charge in [0.25, 0.3) is 0 Å². The van der Waals surface area contributed by atoms with Crippen molar-refractivity contribution < 1.29 is 9.84 Å². The van der Waals surface area contributed by atoms with Gasteiger partial charge < -0.3 is 9.84 Å². The molecule has 1 fully saturated rings. The molecular formula is C15H24O2. The maximum Gasteiger partial charge on any atom is 0.0800 e. The Hall–Kier alpha value is -0.860. The molecule has 2 heteroatoms. The zero-order valence-electron chi connectivity index (χ0n) is 11.2. The highest BCUT2D eigenvalue weighted by atomic mass is 16.5. The van der Waals surface area contributed by atoms with E-state index in [0.29, 0.717) is 6.42 Å². The maximum absolute atomic E-state index is 9.78. The number of allylic oxidation sites excluding steroid dienone is 2. The van der Waals surface area contributed by atoms with E-state index in [1.807, 2.05) is 0 Å². The molecule has 1 saturated heterocycles. The smallest absolute Gasteiger partial charge is 0.0800 e. The van der Waals surface area contributed by atoms with Crippen molar-refractivity contribution in [2.45, 2.75) is 51.7 Å². The van der Waals surface area contributed by atoms with Crippen LogP contribution >= 0.6 is 0 Å². The second-order valence-corrected chi connectivity index (χ2v) is 5.26. The molecule has 1 aliphatic heterocycles. The molecule has 0 bridgehead atoms. The lowest BCUT2D eigenvalue weighted by atomic mass is 9.99. The molecule has 0 aliphatic carbocycles. The molecule has 1 rings (SSSR count). The second-order valence-electron chi connectivity index (χ2n) is 5.26. The van der Waals surface area contributed by atoms with Gasteiger partial charge in [0, 0.05) is 6.42 Å². The first kappa shape index (κ1) is 14.2. The molecule has 2 nitrogen and oxygen atoms in total. The van der Waals surface area contributed by atoms with Crippen molar-refractivity contribution in [2.24, 2.45) is 0 Å². The molecule has 1 aliphatic rings. The Bertz CT molecular complexity index is 320. The third kappa shape index (κ3) is 5.33. The Morgan fingerprint density at radius 2 is 2.29 bits per heavy atom. The highest BCUT2D eigenvalue weighted by Gasteiger charge is 2.18. The fourth-order valence-electron chi connectivity index (χ4n) is 1.88. The van der Waals surface area contributed by atoms with Crippen molar-refractivity contribution in [2.75, 3.05) is 6.61 Å². The van der Waals surface area contributed by atoms with Gasteiger partial charge in [-0.15, -0.1) is 6.58 Å². The minimum atomic E-state index is -0.754. The lowest BCUT2D eigenvalue weighted by molar-refractivity contribution is 0.103. The number of aliphatic hydroxyl groups is 1. The Balaban J connectivity index is 2.38. The number of rotatable bonds is 5. The zero-order chi connectivity index (χ0) is 12.9. The SMILES string of the molecule is C=C[C@@](C)(O)CCC=C1CO[C@H](C=C(C)C)C1.